The Hall–Kier alpha value is -0.580. The first-order valence-corrected chi connectivity index (χ1v) is 6.98. The molecule has 4 heteroatoms. The predicted octanol–water partition coefficient (Wildman–Crippen LogP) is 2.16. The van der Waals surface area contributed by atoms with E-state index in [-0.39, 0.29) is 12.4 Å². The first kappa shape index (κ1) is 14.5. The van der Waals surface area contributed by atoms with Crippen molar-refractivity contribution < 1.29 is 9.50 Å². The number of nitrogens with two attached hydrogens (primary N) is 1. The minimum Gasteiger partial charge on any atom is -0.395 e. The molecule has 0 aliphatic heterocycles. The summed E-state index contributed by atoms with van der Waals surface area (Å²) < 4.78 is 13.2. The van der Waals surface area contributed by atoms with Gasteiger partial charge in [0.05, 0.1) is 6.61 Å². The van der Waals surface area contributed by atoms with Crippen LogP contribution in [-0.2, 0) is 5.41 Å². The van der Waals surface area contributed by atoms with Gasteiger partial charge in [-0.05, 0) is 35.6 Å². The summed E-state index contributed by atoms with van der Waals surface area (Å²) in [6.45, 7) is 2.38. The molecular weight excluding hydrogens is 237 g/mol. The number of rotatable bonds is 7. The number of halogens is 1. The number of benzene rings is 1. The van der Waals surface area contributed by atoms with Crippen LogP contribution >= 0.6 is 11.8 Å². The summed E-state index contributed by atoms with van der Waals surface area (Å²) in [7, 11) is 0. The van der Waals surface area contributed by atoms with Crippen LogP contribution < -0.4 is 5.73 Å². The molecule has 1 rings (SSSR count). The van der Waals surface area contributed by atoms with Crippen molar-refractivity contribution in [2.75, 3.05) is 24.7 Å². The second-order valence-electron chi connectivity index (χ2n) is 4.10. The fraction of sp³-hybridized carbons (Fsp3) is 0.538. The van der Waals surface area contributed by atoms with Gasteiger partial charge < -0.3 is 10.8 Å². The highest BCUT2D eigenvalue weighted by Crippen LogP contribution is 2.28. The Labute approximate surface area is 106 Å². The number of hydrogen-bond acceptors (Lipinski definition) is 3. The number of hydrogen-bond donors (Lipinski definition) is 2. The monoisotopic (exact) mass is 257 g/mol. The first-order chi connectivity index (χ1) is 8.18. The highest BCUT2D eigenvalue weighted by atomic mass is 32.2. The average molecular weight is 257 g/mol. The highest BCUT2D eigenvalue weighted by molar-refractivity contribution is 7.99. The third-order valence-electron chi connectivity index (χ3n) is 3.06. The van der Waals surface area contributed by atoms with Crippen molar-refractivity contribution >= 4 is 11.8 Å². The Balaban J connectivity index is 2.89. The van der Waals surface area contributed by atoms with Crippen LogP contribution in [0.4, 0.5) is 4.39 Å². The minimum absolute atomic E-state index is 0.0444. The molecule has 1 aromatic rings. The van der Waals surface area contributed by atoms with E-state index >= 15 is 0 Å². The lowest BCUT2D eigenvalue weighted by molar-refractivity contribution is 0.193. The molecule has 1 unspecified atom stereocenters. The van der Waals surface area contributed by atoms with E-state index in [0.29, 0.717) is 6.54 Å². The van der Waals surface area contributed by atoms with Gasteiger partial charge in [-0.2, -0.15) is 11.8 Å². The van der Waals surface area contributed by atoms with E-state index in [1.54, 1.807) is 17.8 Å². The van der Waals surface area contributed by atoms with Crippen molar-refractivity contribution in [3.63, 3.8) is 0 Å². The molecule has 0 saturated heterocycles. The molecule has 0 aromatic heterocycles. The molecule has 0 amide bonds. The zero-order valence-electron chi connectivity index (χ0n) is 10.2. The molecule has 17 heavy (non-hydrogen) atoms. The average Bonchev–Trinajstić information content (AvgIpc) is 2.35. The van der Waals surface area contributed by atoms with Crippen molar-refractivity contribution in [3.05, 3.63) is 35.6 Å². The summed E-state index contributed by atoms with van der Waals surface area (Å²) in [5.41, 5.74) is 6.07. The van der Waals surface area contributed by atoms with Crippen molar-refractivity contribution in [2.45, 2.75) is 18.8 Å². The van der Waals surface area contributed by atoms with E-state index in [1.807, 2.05) is 6.07 Å². The lowest BCUT2D eigenvalue weighted by Gasteiger charge is -2.31. The van der Waals surface area contributed by atoms with E-state index in [0.717, 1.165) is 23.5 Å². The molecule has 0 radical (unpaired) electrons. The van der Waals surface area contributed by atoms with E-state index < -0.39 is 5.41 Å². The van der Waals surface area contributed by atoms with Crippen molar-refractivity contribution in [1.82, 2.24) is 0 Å². The molecule has 0 fully saturated rings. The molecule has 0 heterocycles. The van der Waals surface area contributed by atoms with Crippen LogP contribution in [0.1, 0.15) is 18.9 Å². The number of aliphatic hydroxyl groups is 1. The van der Waals surface area contributed by atoms with E-state index in [1.165, 1.54) is 12.1 Å². The topological polar surface area (TPSA) is 46.2 Å². The molecule has 3 N–H and O–H groups in total. The van der Waals surface area contributed by atoms with Crippen LogP contribution in [0.25, 0.3) is 0 Å². The van der Waals surface area contributed by atoms with Gasteiger partial charge in [0.25, 0.3) is 0 Å². The summed E-state index contributed by atoms with van der Waals surface area (Å²) in [5, 5.41) is 9.61. The second kappa shape index (κ2) is 6.99. The van der Waals surface area contributed by atoms with Gasteiger partial charge in [-0.1, -0.05) is 19.1 Å². The zero-order chi connectivity index (χ0) is 12.7. The van der Waals surface area contributed by atoms with Crippen LogP contribution in [0.15, 0.2) is 24.3 Å². The summed E-state index contributed by atoms with van der Waals surface area (Å²) in [6.07, 6.45) is 0.766. The smallest absolute Gasteiger partial charge is 0.123 e. The summed E-state index contributed by atoms with van der Waals surface area (Å²) in [6, 6.07) is 6.38. The van der Waals surface area contributed by atoms with Crippen molar-refractivity contribution in [3.8, 4) is 0 Å². The van der Waals surface area contributed by atoms with Crippen LogP contribution in [0, 0.1) is 5.82 Å². The molecule has 0 spiro atoms. The third-order valence-corrected chi connectivity index (χ3v) is 3.96. The van der Waals surface area contributed by atoms with Gasteiger partial charge in [0.2, 0.25) is 0 Å². The second-order valence-corrected chi connectivity index (χ2v) is 5.49. The van der Waals surface area contributed by atoms with Gasteiger partial charge in [-0.15, -0.1) is 0 Å². The fourth-order valence-electron chi connectivity index (χ4n) is 1.83. The fourth-order valence-corrected chi connectivity index (χ4v) is 2.65. The van der Waals surface area contributed by atoms with Gasteiger partial charge in [-0.3, -0.25) is 0 Å². The Kier molecular flexibility index (Phi) is 5.95. The van der Waals surface area contributed by atoms with Crippen LogP contribution in [0.3, 0.4) is 0 Å². The maximum absolute atomic E-state index is 13.2. The molecule has 0 aliphatic carbocycles. The normalized spacial score (nSPS) is 14.6. The molecule has 2 nitrogen and oxygen atoms in total. The lowest BCUT2D eigenvalue weighted by Crippen LogP contribution is -2.39. The molecule has 0 aliphatic rings. The van der Waals surface area contributed by atoms with Crippen LogP contribution in [0.5, 0.6) is 0 Å². The Morgan fingerprint density at radius 1 is 1.47 bits per heavy atom. The summed E-state index contributed by atoms with van der Waals surface area (Å²) in [4.78, 5) is 0. The maximum atomic E-state index is 13.2. The maximum Gasteiger partial charge on any atom is 0.123 e. The largest absolute Gasteiger partial charge is 0.395 e. The number of aliphatic hydroxyl groups excluding tert-OH is 1. The minimum atomic E-state index is -0.510. The molecule has 0 bridgehead atoms. The van der Waals surface area contributed by atoms with Crippen molar-refractivity contribution in [2.24, 2.45) is 5.73 Å². The standard InChI is InChI=1S/C13H20FNOS/c1-2-17-7-6-13(9-15,10-16)11-4-3-5-12(14)8-11/h3-5,8,16H,2,6-7,9-10,15H2,1H3. The molecular formula is C13H20FNOS. The van der Waals surface area contributed by atoms with E-state index in [4.69, 9.17) is 5.73 Å². The predicted molar refractivity (Wildman–Crippen MR) is 71.8 cm³/mol. The van der Waals surface area contributed by atoms with Crippen LogP contribution in [-0.4, -0.2) is 29.8 Å². The third kappa shape index (κ3) is 3.69. The Bertz CT molecular complexity index is 342. The summed E-state index contributed by atoms with van der Waals surface area (Å²) in [5.74, 6) is 1.68. The molecule has 1 atom stereocenters. The van der Waals surface area contributed by atoms with Gasteiger partial charge in [0.15, 0.2) is 0 Å². The molecule has 1 aromatic carbocycles. The molecule has 96 valence electrons. The Morgan fingerprint density at radius 2 is 2.24 bits per heavy atom. The van der Waals surface area contributed by atoms with Gasteiger partial charge >= 0.3 is 0 Å². The lowest BCUT2D eigenvalue weighted by atomic mass is 9.79. The van der Waals surface area contributed by atoms with E-state index in [2.05, 4.69) is 6.92 Å². The highest BCUT2D eigenvalue weighted by Gasteiger charge is 2.29. The van der Waals surface area contributed by atoms with Gasteiger partial charge in [-0.25, -0.2) is 4.39 Å². The zero-order valence-corrected chi connectivity index (χ0v) is 11.0. The SMILES string of the molecule is CCSCCC(CN)(CO)c1cccc(F)c1. The number of thioether (sulfide) groups is 1. The molecule has 0 saturated carbocycles. The van der Waals surface area contributed by atoms with E-state index in [9.17, 15) is 9.50 Å². The van der Waals surface area contributed by atoms with Gasteiger partial charge in [0, 0.05) is 12.0 Å². The van der Waals surface area contributed by atoms with Crippen molar-refractivity contribution in [1.29, 1.82) is 0 Å². The summed E-state index contributed by atoms with van der Waals surface area (Å²) >= 11 is 1.80. The van der Waals surface area contributed by atoms with Crippen LogP contribution in [0.2, 0.25) is 0 Å². The van der Waals surface area contributed by atoms with Gasteiger partial charge in [0.1, 0.15) is 5.82 Å². The first-order valence-electron chi connectivity index (χ1n) is 5.83. The Morgan fingerprint density at radius 3 is 2.76 bits per heavy atom. The quantitative estimate of drug-likeness (QED) is 0.736.